The number of hydrogen-bond acceptors (Lipinski definition) is 8. The van der Waals surface area contributed by atoms with Crippen LogP contribution in [-0.2, 0) is 11.3 Å². The van der Waals surface area contributed by atoms with Crippen LogP contribution in [0.4, 0.5) is 11.4 Å². The highest BCUT2D eigenvalue weighted by molar-refractivity contribution is 5.91. The van der Waals surface area contributed by atoms with Gasteiger partial charge in [0.1, 0.15) is 23.6 Å². The third kappa shape index (κ3) is 4.97. The molecule has 0 atom stereocenters. The molecule has 1 aliphatic heterocycles. The van der Waals surface area contributed by atoms with Crippen LogP contribution in [0.5, 0.6) is 5.75 Å². The van der Waals surface area contributed by atoms with Gasteiger partial charge in [-0.1, -0.05) is 12.8 Å². The summed E-state index contributed by atoms with van der Waals surface area (Å²) in [5.74, 6) is -0.188. The molecule has 4 rings (SSSR count). The first kappa shape index (κ1) is 22.3. The largest absolute Gasteiger partial charge is 0.497 e. The van der Waals surface area contributed by atoms with Crippen molar-refractivity contribution in [3.05, 3.63) is 74.1 Å². The van der Waals surface area contributed by atoms with E-state index in [1.165, 1.54) is 25.3 Å². The molecule has 0 bridgehead atoms. The standard InChI is InChI=1S/C24H24N2O7/c1-31-18-7-8-19-17(13-23(27)33-22(19)14-18)15-32-24(28)16-6-9-20(21(12-16)26(29)30)25-10-4-2-3-5-11-25/h6-9,12-14H,2-5,10-11,15H2,1H3. The third-order valence-electron chi connectivity index (χ3n) is 5.75. The average molecular weight is 452 g/mol. The number of benzene rings is 2. The second-order valence-electron chi connectivity index (χ2n) is 7.89. The zero-order valence-corrected chi connectivity index (χ0v) is 18.2. The van der Waals surface area contributed by atoms with Crippen LogP contribution >= 0.6 is 0 Å². The Hall–Kier alpha value is -3.88. The minimum Gasteiger partial charge on any atom is -0.497 e. The number of nitrogens with zero attached hydrogens (tertiary/aromatic N) is 2. The molecule has 1 aliphatic rings. The van der Waals surface area contributed by atoms with E-state index in [0.717, 1.165) is 38.8 Å². The van der Waals surface area contributed by atoms with E-state index in [2.05, 4.69) is 0 Å². The quantitative estimate of drug-likeness (QED) is 0.233. The molecule has 0 saturated carbocycles. The topological polar surface area (TPSA) is 112 Å². The van der Waals surface area contributed by atoms with Gasteiger partial charge in [0.2, 0.25) is 0 Å². The van der Waals surface area contributed by atoms with Gasteiger partial charge < -0.3 is 18.8 Å². The van der Waals surface area contributed by atoms with E-state index in [1.54, 1.807) is 24.3 Å². The number of ether oxygens (including phenoxy) is 2. The van der Waals surface area contributed by atoms with Gasteiger partial charge in [-0.3, -0.25) is 10.1 Å². The zero-order chi connectivity index (χ0) is 23.4. The zero-order valence-electron chi connectivity index (χ0n) is 18.2. The van der Waals surface area contributed by atoms with Crippen LogP contribution in [0.1, 0.15) is 41.6 Å². The lowest BCUT2D eigenvalue weighted by atomic mass is 10.1. The average Bonchev–Trinajstić information content (AvgIpc) is 3.10. The summed E-state index contributed by atoms with van der Waals surface area (Å²) in [4.78, 5) is 37.8. The van der Waals surface area contributed by atoms with Gasteiger partial charge in [-0.15, -0.1) is 0 Å². The van der Waals surface area contributed by atoms with Crippen molar-refractivity contribution in [3.8, 4) is 5.75 Å². The number of carbonyl (C=O) groups is 1. The van der Waals surface area contributed by atoms with Crippen molar-refractivity contribution in [2.45, 2.75) is 32.3 Å². The Morgan fingerprint density at radius 1 is 1.09 bits per heavy atom. The molecule has 2 heterocycles. The second kappa shape index (κ2) is 9.72. The number of nitro groups is 1. The molecular weight excluding hydrogens is 428 g/mol. The molecule has 3 aromatic rings. The molecular formula is C24H24N2O7. The second-order valence-corrected chi connectivity index (χ2v) is 7.89. The smallest absolute Gasteiger partial charge is 0.338 e. The van der Waals surface area contributed by atoms with E-state index in [9.17, 15) is 19.7 Å². The number of methoxy groups -OCH3 is 1. The van der Waals surface area contributed by atoms with E-state index in [4.69, 9.17) is 13.9 Å². The molecule has 2 aromatic carbocycles. The minimum absolute atomic E-state index is 0.0780. The molecule has 0 radical (unpaired) electrons. The molecule has 33 heavy (non-hydrogen) atoms. The molecule has 9 heteroatoms. The summed E-state index contributed by atoms with van der Waals surface area (Å²) < 4.78 is 15.7. The number of nitro benzene ring substituents is 1. The Morgan fingerprint density at radius 3 is 2.55 bits per heavy atom. The summed E-state index contributed by atoms with van der Waals surface area (Å²) in [6.07, 6.45) is 4.17. The first-order valence-corrected chi connectivity index (χ1v) is 10.8. The van der Waals surface area contributed by atoms with Crippen LogP contribution in [0.3, 0.4) is 0 Å². The lowest BCUT2D eigenvalue weighted by molar-refractivity contribution is -0.384. The molecule has 172 valence electrons. The van der Waals surface area contributed by atoms with Crippen LogP contribution in [0.15, 0.2) is 51.7 Å². The van der Waals surface area contributed by atoms with Crippen molar-refractivity contribution in [1.29, 1.82) is 0 Å². The first-order chi connectivity index (χ1) is 16.0. The Labute approximate surface area is 189 Å². The number of fused-ring (bicyclic) bond motifs is 1. The van der Waals surface area contributed by atoms with Crippen molar-refractivity contribution in [2.24, 2.45) is 0 Å². The molecule has 1 saturated heterocycles. The highest BCUT2D eigenvalue weighted by atomic mass is 16.6. The van der Waals surface area contributed by atoms with Crippen LogP contribution in [0, 0.1) is 10.1 Å². The highest BCUT2D eigenvalue weighted by Gasteiger charge is 2.23. The Balaban J connectivity index is 1.56. The Morgan fingerprint density at radius 2 is 1.85 bits per heavy atom. The third-order valence-corrected chi connectivity index (χ3v) is 5.75. The fourth-order valence-corrected chi connectivity index (χ4v) is 4.06. The van der Waals surface area contributed by atoms with Gasteiger partial charge in [0.05, 0.1) is 17.6 Å². The van der Waals surface area contributed by atoms with Gasteiger partial charge in [-0.2, -0.15) is 0 Å². The van der Waals surface area contributed by atoms with E-state index < -0.39 is 16.5 Å². The van der Waals surface area contributed by atoms with Crippen LogP contribution in [0.2, 0.25) is 0 Å². The summed E-state index contributed by atoms with van der Waals surface area (Å²) >= 11 is 0. The van der Waals surface area contributed by atoms with Gasteiger partial charge in [0.25, 0.3) is 5.69 Å². The molecule has 0 amide bonds. The van der Waals surface area contributed by atoms with Gasteiger partial charge in [0, 0.05) is 42.2 Å². The fraction of sp³-hybridized carbons (Fsp3) is 0.333. The normalized spacial score (nSPS) is 14.0. The monoisotopic (exact) mass is 452 g/mol. The molecule has 1 aromatic heterocycles. The molecule has 0 aliphatic carbocycles. The van der Waals surface area contributed by atoms with E-state index in [-0.39, 0.29) is 17.9 Å². The summed E-state index contributed by atoms with van der Waals surface area (Å²) in [5.41, 5.74) is 0.662. The predicted molar refractivity (Wildman–Crippen MR) is 122 cm³/mol. The maximum Gasteiger partial charge on any atom is 0.338 e. The highest BCUT2D eigenvalue weighted by Crippen LogP contribution is 2.31. The molecule has 9 nitrogen and oxygen atoms in total. The van der Waals surface area contributed by atoms with E-state index in [1.807, 2.05) is 4.90 Å². The molecule has 0 N–H and O–H groups in total. The Bertz CT molecular complexity index is 1240. The van der Waals surface area contributed by atoms with E-state index >= 15 is 0 Å². The van der Waals surface area contributed by atoms with Gasteiger partial charge in [-0.25, -0.2) is 9.59 Å². The molecule has 1 fully saturated rings. The van der Waals surface area contributed by atoms with Crippen LogP contribution < -0.4 is 15.3 Å². The van der Waals surface area contributed by atoms with Crippen molar-refractivity contribution < 1.29 is 23.6 Å². The maximum atomic E-state index is 12.7. The lowest BCUT2D eigenvalue weighted by Crippen LogP contribution is -2.24. The number of carbonyl (C=O) groups excluding carboxylic acids is 1. The lowest BCUT2D eigenvalue weighted by Gasteiger charge is -2.22. The van der Waals surface area contributed by atoms with Crippen LogP contribution in [-0.4, -0.2) is 31.1 Å². The number of rotatable bonds is 6. The predicted octanol–water partition coefficient (Wildman–Crippen LogP) is 4.45. The summed E-state index contributed by atoms with van der Waals surface area (Å²) in [6.45, 7) is 1.31. The van der Waals surface area contributed by atoms with Crippen molar-refractivity contribution in [3.63, 3.8) is 0 Å². The summed E-state index contributed by atoms with van der Waals surface area (Å²) in [6, 6.07) is 10.7. The van der Waals surface area contributed by atoms with Crippen molar-refractivity contribution >= 4 is 28.3 Å². The van der Waals surface area contributed by atoms with Crippen molar-refractivity contribution in [2.75, 3.05) is 25.1 Å². The van der Waals surface area contributed by atoms with Gasteiger partial charge in [0.15, 0.2) is 0 Å². The minimum atomic E-state index is -0.713. The Kier molecular flexibility index (Phi) is 6.58. The number of esters is 1. The van der Waals surface area contributed by atoms with Gasteiger partial charge >= 0.3 is 11.6 Å². The SMILES string of the molecule is COc1ccc2c(COC(=O)c3ccc(N4CCCCCC4)c([N+](=O)[O-])c3)cc(=O)oc2c1. The van der Waals surface area contributed by atoms with Crippen LogP contribution in [0.25, 0.3) is 11.0 Å². The molecule has 0 spiro atoms. The fourth-order valence-electron chi connectivity index (χ4n) is 4.06. The summed E-state index contributed by atoms with van der Waals surface area (Å²) in [5, 5.41) is 12.3. The molecule has 0 unspecified atom stereocenters. The summed E-state index contributed by atoms with van der Waals surface area (Å²) in [7, 11) is 1.50. The number of hydrogen-bond donors (Lipinski definition) is 0. The van der Waals surface area contributed by atoms with Crippen molar-refractivity contribution in [1.82, 2.24) is 0 Å². The van der Waals surface area contributed by atoms with Gasteiger partial charge in [-0.05, 0) is 37.1 Å². The first-order valence-electron chi connectivity index (χ1n) is 10.8. The number of anilines is 1. The maximum absolute atomic E-state index is 12.7. The van der Waals surface area contributed by atoms with E-state index in [0.29, 0.717) is 28.0 Å².